The number of hydrogen-bond acceptors (Lipinski definition) is 5. The number of furan rings is 1. The minimum Gasteiger partial charge on any atom is -0.457 e. The smallest absolute Gasteiger partial charge is 0.309 e. The number of fused-ring (bicyclic) bond motifs is 1. The average Bonchev–Trinajstić information content (AvgIpc) is 2.91. The minimum atomic E-state index is -4.58. The van der Waals surface area contributed by atoms with Crippen LogP contribution in [0.2, 0.25) is 0 Å². The largest absolute Gasteiger partial charge is 0.457 e. The summed E-state index contributed by atoms with van der Waals surface area (Å²) in [6.45, 7) is 0. The maximum absolute atomic E-state index is 12.6. The highest BCUT2D eigenvalue weighted by Crippen LogP contribution is 2.31. The number of thiazole rings is 1. The standard InChI is InChI=1S/C12H8FNO3S2/c13-19(15,16)7-8-5-6-10(17-8)12-14-9-3-1-2-4-11(9)18-12/h1-6H,7H2. The predicted molar refractivity (Wildman–Crippen MR) is 71.1 cm³/mol. The van der Waals surface area contributed by atoms with Gasteiger partial charge in [0.05, 0.1) is 10.2 Å². The molecule has 1 aromatic carbocycles. The fraction of sp³-hybridized carbons (Fsp3) is 0.0833. The van der Waals surface area contributed by atoms with Crippen molar-refractivity contribution in [1.82, 2.24) is 4.98 Å². The number of rotatable bonds is 3. The fourth-order valence-electron chi connectivity index (χ4n) is 1.72. The number of hydrogen-bond donors (Lipinski definition) is 0. The third-order valence-corrected chi connectivity index (χ3v) is 4.16. The fourth-order valence-corrected chi connectivity index (χ4v) is 3.14. The van der Waals surface area contributed by atoms with Gasteiger partial charge < -0.3 is 4.42 Å². The number of para-hydroxylation sites is 1. The molecule has 3 rings (SSSR count). The predicted octanol–water partition coefficient (Wildman–Crippen LogP) is 3.36. The Hall–Kier alpha value is -1.73. The third-order valence-electron chi connectivity index (χ3n) is 2.48. The lowest BCUT2D eigenvalue weighted by atomic mass is 10.3. The normalized spacial score (nSPS) is 12.1. The molecule has 0 N–H and O–H groups in total. The van der Waals surface area contributed by atoms with E-state index in [0.29, 0.717) is 10.8 Å². The van der Waals surface area contributed by atoms with Crippen LogP contribution in [0.25, 0.3) is 21.0 Å². The van der Waals surface area contributed by atoms with Gasteiger partial charge in [0.1, 0.15) is 11.5 Å². The molecule has 0 amide bonds. The van der Waals surface area contributed by atoms with Gasteiger partial charge in [-0.1, -0.05) is 12.1 Å². The van der Waals surface area contributed by atoms with Gasteiger partial charge in [-0.15, -0.1) is 15.2 Å². The Labute approximate surface area is 112 Å². The molecule has 0 aliphatic rings. The summed E-state index contributed by atoms with van der Waals surface area (Å²) in [6, 6.07) is 10.6. The molecule has 0 atom stereocenters. The van der Waals surface area contributed by atoms with Crippen molar-refractivity contribution < 1.29 is 16.7 Å². The lowest BCUT2D eigenvalue weighted by Gasteiger charge is -1.91. The van der Waals surface area contributed by atoms with Crippen molar-refractivity contribution in [3.8, 4) is 10.8 Å². The third kappa shape index (κ3) is 2.66. The van der Waals surface area contributed by atoms with Crippen LogP contribution in [-0.2, 0) is 16.0 Å². The summed E-state index contributed by atoms with van der Waals surface area (Å²) in [5.74, 6) is -0.241. The van der Waals surface area contributed by atoms with Crippen molar-refractivity contribution in [3.63, 3.8) is 0 Å². The van der Waals surface area contributed by atoms with Crippen molar-refractivity contribution >= 4 is 31.8 Å². The van der Waals surface area contributed by atoms with E-state index >= 15 is 0 Å². The van der Waals surface area contributed by atoms with Gasteiger partial charge in [-0.05, 0) is 24.3 Å². The van der Waals surface area contributed by atoms with Crippen molar-refractivity contribution in [3.05, 3.63) is 42.2 Å². The number of benzene rings is 1. The molecule has 0 saturated carbocycles. The van der Waals surface area contributed by atoms with E-state index in [9.17, 15) is 12.3 Å². The average molecular weight is 297 g/mol. The molecule has 4 nitrogen and oxygen atoms in total. The highest BCUT2D eigenvalue weighted by Gasteiger charge is 2.15. The van der Waals surface area contributed by atoms with E-state index in [2.05, 4.69) is 4.98 Å². The van der Waals surface area contributed by atoms with Gasteiger partial charge in [-0.2, -0.15) is 8.42 Å². The molecular weight excluding hydrogens is 289 g/mol. The van der Waals surface area contributed by atoms with E-state index in [1.54, 1.807) is 6.07 Å². The zero-order chi connectivity index (χ0) is 13.5. The van der Waals surface area contributed by atoms with E-state index in [0.717, 1.165) is 10.2 Å². The summed E-state index contributed by atoms with van der Waals surface area (Å²) < 4.78 is 40.0. The molecule has 0 aliphatic carbocycles. The maximum Gasteiger partial charge on any atom is 0.309 e. The highest BCUT2D eigenvalue weighted by atomic mass is 32.3. The molecular formula is C12H8FNO3S2. The molecule has 0 aliphatic heterocycles. The second kappa shape index (κ2) is 4.43. The van der Waals surface area contributed by atoms with E-state index < -0.39 is 16.0 Å². The van der Waals surface area contributed by atoms with Gasteiger partial charge in [0.2, 0.25) is 0 Å². The quantitative estimate of drug-likeness (QED) is 0.695. The molecule has 0 radical (unpaired) electrons. The Morgan fingerprint density at radius 3 is 2.74 bits per heavy atom. The van der Waals surface area contributed by atoms with Gasteiger partial charge in [-0.3, -0.25) is 0 Å². The first kappa shape index (κ1) is 12.3. The second-order valence-electron chi connectivity index (χ2n) is 3.94. The molecule has 7 heteroatoms. The molecule has 0 spiro atoms. The Morgan fingerprint density at radius 2 is 2.00 bits per heavy atom. The van der Waals surface area contributed by atoms with Gasteiger partial charge in [0, 0.05) is 0 Å². The van der Waals surface area contributed by atoms with Crippen molar-refractivity contribution in [2.75, 3.05) is 0 Å². The van der Waals surface area contributed by atoms with Crippen molar-refractivity contribution in [2.24, 2.45) is 0 Å². The molecule has 0 bridgehead atoms. The number of halogens is 1. The van der Waals surface area contributed by atoms with Crippen LogP contribution in [0.3, 0.4) is 0 Å². The first-order valence-corrected chi connectivity index (χ1v) is 7.75. The van der Waals surface area contributed by atoms with Crippen LogP contribution < -0.4 is 0 Å². The summed E-state index contributed by atoms with van der Waals surface area (Å²) in [5.41, 5.74) is 0.846. The Balaban J connectivity index is 1.98. The first-order chi connectivity index (χ1) is 9.01. The van der Waals surface area contributed by atoms with Crippen LogP contribution in [-0.4, -0.2) is 13.4 Å². The monoisotopic (exact) mass is 297 g/mol. The summed E-state index contributed by atoms with van der Waals surface area (Å²) >= 11 is 1.43. The van der Waals surface area contributed by atoms with Gasteiger partial charge in [-0.25, -0.2) is 4.98 Å². The van der Waals surface area contributed by atoms with Gasteiger partial charge in [0.25, 0.3) is 0 Å². The van der Waals surface area contributed by atoms with Crippen LogP contribution in [0.5, 0.6) is 0 Å². The molecule has 0 unspecified atom stereocenters. The van der Waals surface area contributed by atoms with E-state index in [1.165, 1.54) is 17.4 Å². The maximum atomic E-state index is 12.6. The van der Waals surface area contributed by atoms with Gasteiger partial charge in [0.15, 0.2) is 10.8 Å². The zero-order valence-corrected chi connectivity index (χ0v) is 11.2. The van der Waals surface area contributed by atoms with Crippen LogP contribution >= 0.6 is 11.3 Å². The van der Waals surface area contributed by atoms with E-state index in [4.69, 9.17) is 4.42 Å². The Bertz CT molecular complexity index is 802. The summed E-state index contributed by atoms with van der Waals surface area (Å²) in [6.07, 6.45) is 0. The molecule has 0 saturated heterocycles. The van der Waals surface area contributed by atoms with Crippen LogP contribution in [0.1, 0.15) is 5.76 Å². The molecule has 19 heavy (non-hydrogen) atoms. The Morgan fingerprint density at radius 1 is 1.21 bits per heavy atom. The number of nitrogens with zero attached hydrogens (tertiary/aromatic N) is 1. The lowest BCUT2D eigenvalue weighted by Crippen LogP contribution is -1.93. The first-order valence-electron chi connectivity index (χ1n) is 5.38. The summed E-state index contributed by atoms with van der Waals surface area (Å²) in [5, 5.41) is 0.642. The van der Waals surface area contributed by atoms with Crippen molar-refractivity contribution in [2.45, 2.75) is 5.75 Å². The molecule has 3 aromatic rings. The molecule has 98 valence electrons. The lowest BCUT2D eigenvalue weighted by molar-refractivity contribution is 0.516. The summed E-state index contributed by atoms with van der Waals surface area (Å²) in [4.78, 5) is 4.37. The highest BCUT2D eigenvalue weighted by molar-refractivity contribution is 7.85. The van der Waals surface area contributed by atoms with Crippen LogP contribution in [0.4, 0.5) is 3.89 Å². The zero-order valence-electron chi connectivity index (χ0n) is 9.54. The molecule has 2 aromatic heterocycles. The molecule has 0 fully saturated rings. The van der Waals surface area contributed by atoms with E-state index in [-0.39, 0.29) is 5.76 Å². The SMILES string of the molecule is O=S(=O)(F)Cc1ccc(-c2nc3ccccc3s2)o1. The van der Waals surface area contributed by atoms with Crippen LogP contribution in [0.15, 0.2) is 40.8 Å². The van der Waals surface area contributed by atoms with Gasteiger partial charge >= 0.3 is 10.2 Å². The molecule has 2 heterocycles. The van der Waals surface area contributed by atoms with E-state index in [1.807, 2.05) is 24.3 Å². The Kier molecular flexibility index (Phi) is 2.87. The van der Waals surface area contributed by atoms with Crippen molar-refractivity contribution in [1.29, 1.82) is 0 Å². The summed E-state index contributed by atoms with van der Waals surface area (Å²) in [7, 11) is -4.58. The number of aromatic nitrogens is 1. The van der Waals surface area contributed by atoms with Crippen LogP contribution in [0, 0.1) is 0 Å². The topological polar surface area (TPSA) is 60.2 Å². The second-order valence-corrected chi connectivity index (χ2v) is 6.33. The minimum absolute atomic E-state index is 0.0664.